The monoisotopic (exact) mass is 363 g/mol. The van der Waals surface area contributed by atoms with Crippen LogP contribution in [0.25, 0.3) is 0 Å². The van der Waals surface area contributed by atoms with Gasteiger partial charge in [0.15, 0.2) is 12.7 Å². The molecule has 2 atom stereocenters. The van der Waals surface area contributed by atoms with Crippen molar-refractivity contribution in [1.82, 2.24) is 0 Å². The Morgan fingerprint density at radius 1 is 1.08 bits per heavy atom. The Hall–Kier alpha value is -2.21. The predicted molar refractivity (Wildman–Crippen MR) is 98.3 cm³/mol. The molecule has 1 aromatic carbocycles. The van der Waals surface area contributed by atoms with Crippen molar-refractivity contribution in [2.45, 2.75) is 53.2 Å². The van der Waals surface area contributed by atoms with Crippen molar-refractivity contribution >= 4 is 17.7 Å². The largest absolute Gasteiger partial charge is 0.457 e. The summed E-state index contributed by atoms with van der Waals surface area (Å²) in [7, 11) is 0. The molecular weight excluding hydrogens is 334 g/mol. The van der Waals surface area contributed by atoms with Crippen LogP contribution in [-0.4, -0.2) is 36.5 Å². The first-order chi connectivity index (χ1) is 12.0. The van der Waals surface area contributed by atoms with Crippen LogP contribution in [0.1, 0.15) is 40.2 Å². The van der Waals surface area contributed by atoms with Crippen LogP contribution < -0.4 is 5.73 Å². The summed E-state index contributed by atoms with van der Waals surface area (Å²) >= 11 is 0. The number of ether oxygens (including phenoxy) is 2. The van der Waals surface area contributed by atoms with E-state index in [4.69, 9.17) is 15.2 Å². The van der Waals surface area contributed by atoms with Gasteiger partial charge in [0, 0.05) is 0 Å². The molecule has 0 aromatic heterocycles. The molecule has 1 unspecified atom stereocenters. The highest BCUT2D eigenvalue weighted by Crippen LogP contribution is 2.16. The molecule has 0 aliphatic heterocycles. The van der Waals surface area contributed by atoms with Crippen molar-refractivity contribution in [2.75, 3.05) is 6.61 Å². The molecule has 6 heteroatoms. The van der Waals surface area contributed by atoms with Crippen LogP contribution in [0.4, 0.5) is 0 Å². The van der Waals surface area contributed by atoms with E-state index in [2.05, 4.69) is 0 Å². The zero-order valence-electron chi connectivity index (χ0n) is 16.2. The Balaban J connectivity index is 2.64. The van der Waals surface area contributed by atoms with E-state index in [0.717, 1.165) is 5.56 Å². The molecule has 0 aliphatic rings. The maximum absolute atomic E-state index is 12.3. The van der Waals surface area contributed by atoms with Gasteiger partial charge in [0.25, 0.3) is 0 Å². The van der Waals surface area contributed by atoms with Crippen LogP contribution in [0.3, 0.4) is 0 Å². The lowest BCUT2D eigenvalue weighted by Crippen LogP contribution is -2.42. The average molecular weight is 363 g/mol. The van der Waals surface area contributed by atoms with Gasteiger partial charge in [-0.05, 0) is 38.7 Å². The highest BCUT2D eigenvalue weighted by molar-refractivity contribution is 5.89. The van der Waals surface area contributed by atoms with Crippen LogP contribution >= 0.6 is 0 Å². The third kappa shape index (κ3) is 6.96. The first-order valence-corrected chi connectivity index (χ1v) is 8.72. The maximum Gasteiger partial charge on any atom is 0.323 e. The normalized spacial score (nSPS) is 13.8. The summed E-state index contributed by atoms with van der Waals surface area (Å²) in [6.07, 6.45) is -0.686. The van der Waals surface area contributed by atoms with Gasteiger partial charge in [0.2, 0.25) is 5.78 Å². The Kier molecular flexibility index (Phi) is 7.96. The van der Waals surface area contributed by atoms with Crippen molar-refractivity contribution in [3.8, 4) is 0 Å². The SMILES string of the molecule is CC(C)C(OC(=O)[C@@H](N)Cc1ccccc1)C(=O)COC(=O)C(C)(C)C. The van der Waals surface area contributed by atoms with E-state index in [1.807, 2.05) is 30.3 Å². The fourth-order valence-corrected chi connectivity index (χ4v) is 2.17. The molecule has 0 heterocycles. The minimum atomic E-state index is -1.00. The minimum absolute atomic E-state index is 0.260. The summed E-state index contributed by atoms with van der Waals surface area (Å²) < 4.78 is 10.3. The van der Waals surface area contributed by atoms with Crippen molar-refractivity contribution in [2.24, 2.45) is 17.1 Å². The van der Waals surface area contributed by atoms with Crippen LogP contribution in [-0.2, 0) is 30.3 Å². The van der Waals surface area contributed by atoms with Crippen molar-refractivity contribution < 1.29 is 23.9 Å². The number of Topliss-reactive ketones (excluding diaryl/α,β-unsaturated/α-hetero) is 1. The van der Waals surface area contributed by atoms with E-state index in [0.29, 0.717) is 6.42 Å². The quantitative estimate of drug-likeness (QED) is 0.712. The zero-order chi connectivity index (χ0) is 19.9. The molecular formula is C20H29NO5. The topological polar surface area (TPSA) is 95.7 Å². The van der Waals surface area contributed by atoms with Crippen LogP contribution in [0.5, 0.6) is 0 Å². The molecule has 144 valence electrons. The van der Waals surface area contributed by atoms with E-state index < -0.39 is 41.9 Å². The second kappa shape index (κ2) is 9.48. The lowest BCUT2D eigenvalue weighted by atomic mass is 9.97. The molecule has 1 rings (SSSR count). The van der Waals surface area contributed by atoms with Crippen molar-refractivity contribution in [3.63, 3.8) is 0 Å². The van der Waals surface area contributed by atoms with E-state index in [1.54, 1.807) is 34.6 Å². The lowest BCUT2D eigenvalue weighted by Gasteiger charge is -2.23. The number of hydrogen-bond donors (Lipinski definition) is 1. The molecule has 0 saturated carbocycles. The van der Waals surface area contributed by atoms with E-state index >= 15 is 0 Å². The Labute approximate surface area is 155 Å². The number of carbonyl (C=O) groups excluding carboxylic acids is 3. The Morgan fingerprint density at radius 2 is 1.65 bits per heavy atom. The summed E-state index contributed by atoms with van der Waals surface area (Å²) in [6, 6.07) is 8.45. The number of rotatable bonds is 8. The standard InChI is InChI=1S/C20H29NO5/c1-13(2)17(16(22)12-25-19(24)20(3,4)5)26-18(23)15(21)11-14-9-7-6-8-10-14/h6-10,13,15,17H,11-12,21H2,1-5H3/t15-,17?/m0/s1. The van der Waals surface area contributed by atoms with Gasteiger partial charge in [0.1, 0.15) is 6.04 Å². The highest BCUT2D eigenvalue weighted by Gasteiger charge is 2.31. The first kappa shape index (κ1) is 21.8. The third-order valence-electron chi connectivity index (χ3n) is 3.73. The van der Waals surface area contributed by atoms with Gasteiger partial charge in [-0.25, -0.2) is 0 Å². The Morgan fingerprint density at radius 3 is 2.15 bits per heavy atom. The molecule has 0 saturated heterocycles. The molecule has 0 amide bonds. The van der Waals surface area contributed by atoms with Gasteiger partial charge in [-0.1, -0.05) is 44.2 Å². The second-order valence-electron chi connectivity index (χ2n) is 7.69. The van der Waals surface area contributed by atoms with Gasteiger partial charge < -0.3 is 15.2 Å². The molecule has 6 nitrogen and oxygen atoms in total. The fourth-order valence-electron chi connectivity index (χ4n) is 2.17. The molecule has 26 heavy (non-hydrogen) atoms. The van der Waals surface area contributed by atoms with E-state index in [1.165, 1.54) is 0 Å². The van der Waals surface area contributed by atoms with Crippen molar-refractivity contribution in [1.29, 1.82) is 0 Å². The van der Waals surface area contributed by atoms with Crippen LogP contribution in [0.2, 0.25) is 0 Å². The lowest BCUT2D eigenvalue weighted by molar-refractivity contribution is -0.164. The summed E-state index contributed by atoms with van der Waals surface area (Å²) in [4.78, 5) is 36.4. The fraction of sp³-hybridized carbons (Fsp3) is 0.550. The molecule has 0 bridgehead atoms. The minimum Gasteiger partial charge on any atom is -0.457 e. The van der Waals surface area contributed by atoms with Crippen LogP contribution in [0, 0.1) is 11.3 Å². The Bertz CT molecular complexity index is 619. The van der Waals surface area contributed by atoms with Gasteiger partial charge in [0.05, 0.1) is 5.41 Å². The number of ketones is 1. The number of esters is 2. The van der Waals surface area contributed by atoms with Gasteiger partial charge in [-0.15, -0.1) is 0 Å². The summed E-state index contributed by atoms with van der Waals surface area (Å²) in [5, 5.41) is 0. The molecule has 1 aromatic rings. The number of hydrogen-bond acceptors (Lipinski definition) is 6. The van der Waals surface area contributed by atoms with E-state index in [-0.39, 0.29) is 5.92 Å². The summed E-state index contributed by atoms with van der Waals surface area (Å²) in [5.74, 6) is -1.86. The number of carbonyl (C=O) groups is 3. The summed E-state index contributed by atoms with van der Waals surface area (Å²) in [5.41, 5.74) is 6.11. The van der Waals surface area contributed by atoms with E-state index in [9.17, 15) is 14.4 Å². The van der Waals surface area contributed by atoms with Gasteiger partial charge >= 0.3 is 11.9 Å². The number of benzene rings is 1. The van der Waals surface area contributed by atoms with Crippen LogP contribution in [0.15, 0.2) is 30.3 Å². The first-order valence-electron chi connectivity index (χ1n) is 8.72. The molecule has 0 aliphatic carbocycles. The average Bonchev–Trinajstić information content (AvgIpc) is 2.56. The maximum atomic E-state index is 12.3. The van der Waals surface area contributed by atoms with Crippen molar-refractivity contribution in [3.05, 3.63) is 35.9 Å². The predicted octanol–water partition coefficient (Wildman–Crippen LogP) is 2.28. The highest BCUT2D eigenvalue weighted by atomic mass is 16.6. The third-order valence-corrected chi connectivity index (χ3v) is 3.73. The smallest absolute Gasteiger partial charge is 0.323 e. The molecule has 2 N–H and O–H groups in total. The summed E-state index contributed by atoms with van der Waals surface area (Å²) in [6.45, 7) is 8.17. The zero-order valence-corrected chi connectivity index (χ0v) is 16.2. The molecule has 0 fully saturated rings. The van der Waals surface area contributed by atoms with Gasteiger partial charge in [-0.3, -0.25) is 14.4 Å². The van der Waals surface area contributed by atoms with Gasteiger partial charge in [-0.2, -0.15) is 0 Å². The second-order valence-corrected chi connectivity index (χ2v) is 7.69. The molecule has 0 radical (unpaired) electrons. The molecule has 0 spiro atoms. The number of nitrogens with two attached hydrogens (primary N) is 1.